The summed E-state index contributed by atoms with van der Waals surface area (Å²) in [5.41, 5.74) is 11.9. The van der Waals surface area contributed by atoms with E-state index in [9.17, 15) is 0 Å². The monoisotopic (exact) mass is 418 g/mol. The Morgan fingerprint density at radius 1 is 1.19 bits per heavy atom. The van der Waals surface area contributed by atoms with E-state index in [1.54, 1.807) is 7.11 Å². The first-order chi connectivity index (χ1) is 12.6. The van der Waals surface area contributed by atoms with Gasteiger partial charge in [-0.25, -0.2) is 0 Å². The molecule has 0 fully saturated rings. The number of nitrogens with zero attached hydrogens (tertiary/aromatic N) is 4. The molecule has 3 rings (SSSR count). The average molecular weight is 419 g/mol. The van der Waals surface area contributed by atoms with Crippen LogP contribution < -0.4 is 20.6 Å². The van der Waals surface area contributed by atoms with E-state index in [0.29, 0.717) is 24.7 Å². The number of halogens is 1. The topological polar surface area (TPSA) is 100 Å². The van der Waals surface area contributed by atoms with Gasteiger partial charge in [0, 0.05) is 10.0 Å². The Morgan fingerprint density at radius 2 is 1.96 bits per heavy atom. The summed E-state index contributed by atoms with van der Waals surface area (Å²) in [4.78, 5) is 1.30. The first-order valence-electron chi connectivity index (χ1n) is 7.90. The van der Waals surface area contributed by atoms with Crippen molar-refractivity contribution in [1.82, 2.24) is 20.3 Å². The molecule has 0 unspecified atom stereocenters. The van der Waals surface area contributed by atoms with E-state index in [-0.39, 0.29) is 5.95 Å². The molecule has 0 aliphatic carbocycles. The van der Waals surface area contributed by atoms with E-state index in [4.69, 9.17) is 15.2 Å². The number of hydrogen-bond acceptors (Lipinski definition) is 7. The molecule has 0 radical (unpaired) electrons. The van der Waals surface area contributed by atoms with Crippen LogP contribution in [0.25, 0.3) is 0 Å². The first kappa shape index (κ1) is 18.0. The fourth-order valence-electron chi connectivity index (χ4n) is 2.37. The van der Waals surface area contributed by atoms with Gasteiger partial charge in [-0.1, -0.05) is 50.9 Å². The Balaban J connectivity index is 1.82. The highest BCUT2D eigenvalue weighted by atomic mass is 79.9. The van der Waals surface area contributed by atoms with Gasteiger partial charge in [-0.15, -0.1) is 4.79 Å². The molecular formula is C17H19BrN6O2. The molecule has 8 nitrogen and oxygen atoms in total. The Morgan fingerprint density at radius 3 is 2.62 bits per heavy atom. The third kappa shape index (κ3) is 4.05. The summed E-state index contributed by atoms with van der Waals surface area (Å²) < 4.78 is 12.4. The summed E-state index contributed by atoms with van der Waals surface area (Å²) in [6.07, 6.45) is 0. The largest absolute Gasteiger partial charge is 0.493 e. The van der Waals surface area contributed by atoms with Crippen molar-refractivity contribution in [2.75, 3.05) is 18.3 Å². The smallest absolute Gasteiger partial charge is 0.260 e. The maximum absolute atomic E-state index is 6.08. The van der Waals surface area contributed by atoms with Crippen molar-refractivity contribution in [3.05, 3.63) is 57.6 Å². The molecule has 0 aliphatic rings. The molecule has 0 amide bonds. The molecular weight excluding hydrogens is 400 g/mol. The Labute approximate surface area is 159 Å². The number of rotatable bonds is 7. The minimum Gasteiger partial charge on any atom is -0.493 e. The minimum absolute atomic E-state index is 0.172. The van der Waals surface area contributed by atoms with E-state index in [1.807, 2.05) is 24.3 Å². The van der Waals surface area contributed by atoms with Gasteiger partial charge in [0.1, 0.15) is 6.61 Å². The predicted molar refractivity (Wildman–Crippen MR) is 101 cm³/mol. The van der Waals surface area contributed by atoms with Crippen LogP contribution in [-0.4, -0.2) is 27.4 Å². The number of anilines is 1. The highest BCUT2D eigenvalue weighted by Crippen LogP contribution is 2.37. The van der Waals surface area contributed by atoms with Gasteiger partial charge in [0.15, 0.2) is 11.5 Å². The Kier molecular flexibility index (Phi) is 5.57. The van der Waals surface area contributed by atoms with Crippen molar-refractivity contribution >= 4 is 21.9 Å². The van der Waals surface area contributed by atoms with Gasteiger partial charge < -0.3 is 20.6 Å². The van der Waals surface area contributed by atoms with E-state index in [0.717, 1.165) is 15.6 Å². The van der Waals surface area contributed by atoms with Gasteiger partial charge in [0.05, 0.1) is 13.7 Å². The number of nitrogen functional groups attached to an aromatic ring is 1. The summed E-state index contributed by atoms with van der Waals surface area (Å²) in [6, 6.07) is 11.9. The predicted octanol–water partition coefficient (Wildman–Crippen LogP) is 2.66. The second-order valence-corrected chi connectivity index (χ2v) is 6.47. The lowest BCUT2D eigenvalue weighted by atomic mass is 10.1. The third-order valence-electron chi connectivity index (χ3n) is 3.79. The molecule has 0 saturated heterocycles. The zero-order chi connectivity index (χ0) is 18.5. The summed E-state index contributed by atoms with van der Waals surface area (Å²) in [5, 5.41) is 10.9. The second kappa shape index (κ2) is 8.05. The van der Waals surface area contributed by atoms with Crippen molar-refractivity contribution < 1.29 is 9.47 Å². The number of ether oxygens (including phenoxy) is 2. The van der Waals surface area contributed by atoms with Gasteiger partial charge in [-0.05, 0) is 35.0 Å². The van der Waals surface area contributed by atoms with Crippen LogP contribution in [-0.2, 0) is 13.2 Å². The zero-order valence-electron chi connectivity index (χ0n) is 14.4. The molecule has 3 N–H and O–H groups in total. The van der Waals surface area contributed by atoms with Crippen LogP contribution in [0.3, 0.4) is 0 Å². The molecule has 0 spiro atoms. The molecule has 3 aromatic rings. The SMILES string of the molecule is COc1ccc(Br)c(CNn2nnnc2N)c1OCc1ccc(C)cc1. The van der Waals surface area contributed by atoms with Crippen LogP contribution in [0.1, 0.15) is 16.7 Å². The van der Waals surface area contributed by atoms with Gasteiger partial charge in [0.2, 0.25) is 0 Å². The summed E-state index contributed by atoms with van der Waals surface area (Å²) >= 11 is 3.56. The molecule has 2 aromatic carbocycles. The molecule has 9 heteroatoms. The lowest BCUT2D eigenvalue weighted by Gasteiger charge is -2.17. The number of aryl methyl sites for hydroxylation is 1. The molecule has 1 heterocycles. The molecule has 26 heavy (non-hydrogen) atoms. The highest BCUT2D eigenvalue weighted by Gasteiger charge is 2.15. The van der Waals surface area contributed by atoms with Crippen LogP contribution in [0.2, 0.25) is 0 Å². The summed E-state index contributed by atoms with van der Waals surface area (Å²) in [5.74, 6) is 1.45. The van der Waals surface area contributed by atoms with E-state index >= 15 is 0 Å². The van der Waals surface area contributed by atoms with Crippen molar-refractivity contribution in [2.45, 2.75) is 20.1 Å². The average Bonchev–Trinajstić information content (AvgIpc) is 3.05. The first-order valence-corrected chi connectivity index (χ1v) is 8.69. The zero-order valence-corrected chi connectivity index (χ0v) is 16.0. The van der Waals surface area contributed by atoms with Crippen LogP contribution in [0.4, 0.5) is 5.95 Å². The fraction of sp³-hybridized carbons (Fsp3) is 0.235. The standard InChI is InChI=1S/C17H19BrN6O2/c1-11-3-5-12(6-4-11)10-26-16-13(14(18)7-8-15(16)25-2)9-20-24-17(19)21-22-23-24/h3-8,20H,9-10H2,1-2H3,(H2,19,21,23). The Hall–Kier alpha value is -2.81. The molecule has 1 aromatic heterocycles. The number of nitrogens with two attached hydrogens (primary N) is 1. The maximum Gasteiger partial charge on any atom is 0.260 e. The van der Waals surface area contributed by atoms with Gasteiger partial charge >= 0.3 is 0 Å². The number of hydrogen-bond donors (Lipinski definition) is 2. The summed E-state index contributed by atoms with van der Waals surface area (Å²) in [7, 11) is 1.61. The second-order valence-electron chi connectivity index (χ2n) is 5.62. The van der Waals surface area contributed by atoms with Crippen LogP contribution in [0.5, 0.6) is 11.5 Å². The van der Waals surface area contributed by atoms with E-state index < -0.39 is 0 Å². The summed E-state index contributed by atoms with van der Waals surface area (Å²) in [6.45, 7) is 2.86. The fourth-order valence-corrected chi connectivity index (χ4v) is 2.82. The van der Waals surface area contributed by atoms with Crippen molar-refractivity contribution in [2.24, 2.45) is 0 Å². The number of tetrazole rings is 1. The lowest BCUT2D eigenvalue weighted by molar-refractivity contribution is 0.281. The van der Waals surface area contributed by atoms with Crippen molar-refractivity contribution in [3.63, 3.8) is 0 Å². The van der Waals surface area contributed by atoms with Crippen LogP contribution in [0, 0.1) is 6.92 Å². The lowest BCUT2D eigenvalue weighted by Crippen LogP contribution is -2.19. The quantitative estimate of drug-likeness (QED) is 0.607. The highest BCUT2D eigenvalue weighted by molar-refractivity contribution is 9.10. The molecule has 136 valence electrons. The van der Waals surface area contributed by atoms with Crippen molar-refractivity contribution in [3.8, 4) is 11.5 Å². The molecule has 0 saturated carbocycles. The third-order valence-corrected chi connectivity index (χ3v) is 4.53. The van der Waals surface area contributed by atoms with Gasteiger partial charge in [-0.3, -0.25) is 0 Å². The Bertz CT molecular complexity index is 881. The number of methoxy groups -OCH3 is 1. The number of nitrogens with one attached hydrogen (secondary N) is 1. The number of benzene rings is 2. The van der Waals surface area contributed by atoms with Gasteiger partial charge in [-0.2, -0.15) is 0 Å². The van der Waals surface area contributed by atoms with Gasteiger partial charge in [0.25, 0.3) is 5.95 Å². The normalized spacial score (nSPS) is 10.6. The van der Waals surface area contributed by atoms with Crippen LogP contribution >= 0.6 is 15.9 Å². The van der Waals surface area contributed by atoms with E-state index in [2.05, 4.69) is 55.9 Å². The molecule has 0 bridgehead atoms. The van der Waals surface area contributed by atoms with E-state index in [1.165, 1.54) is 10.4 Å². The minimum atomic E-state index is 0.172. The molecule has 0 aliphatic heterocycles. The maximum atomic E-state index is 6.08. The van der Waals surface area contributed by atoms with Crippen molar-refractivity contribution in [1.29, 1.82) is 0 Å². The molecule has 0 atom stereocenters. The van der Waals surface area contributed by atoms with Crippen LogP contribution in [0.15, 0.2) is 40.9 Å². The number of aromatic nitrogens is 4.